The number of rotatable bonds is 1. The number of phenolic OH excluding ortho intramolecular Hbond substituents is 1. The van der Waals surface area contributed by atoms with E-state index in [2.05, 4.69) is 0 Å². The first-order chi connectivity index (χ1) is 7.08. The number of nitrogens with zero attached hydrogens (tertiary/aromatic N) is 1. The largest absolute Gasteiger partial charge is 0.508 e. The second-order valence-electron chi connectivity index (χ2n) is 3.60. The van der Waals surface area contributed by atoms with E-state index >= 15 is 0 Å². The molecule has 15 heavy (non-hydrogen) atoms. The van der Waals surface area contributed by atoms with Crippen molar-refractivity contribution in [3.63, 3.8) is 0 Å². The SMILES string of the molecule is NC1CC(=O)N(c2ccc(O)cc2Cl)C1. The van der Waals surface area contributed by atoms with Crippen LogP contribution in [-0.4, -0.2) is 23.6 Å². The molecule has 1 saturated heterocycles. The Labute approximate surface area is 92.2 Å². The number of amides is 1. The maximum Gasteiger partial charge on any atom is 0.228 e. The molecule has 1 heterocycles. The highest BCUT2D eigenvalue weighted by Gasteiger charge is 2.29. The van der Waals surface area contributed by atoms with Crippen LogP contribution in [0.2, 0.25) is 5.02 Å². The molecule has 0 radical (unpaired) electrons. The van der Waals surface area contributed by atoms with Crippen LogP contribution < -0.4 is 10.6 Å². The van der Waals surface area contributed by atoms with Crippen LogP contribution in [-0.2, 0) is 4.79 Å². The van der Waals surface area contributed by atoms with Gasteiger partial charge in [-0.25, -0.2) is 0 Å². The zero-order chi connectivity index (χ0) is 11.0. The first-order valence-corrected chi connectivity index (χ1v) is 5.00. The molecule has 1 aromatic carbocycles. The molecule has 0 aromatic heterocycles. The van der Waals surface area contributed by atoms with Gasteiger partial charge in [0.15, 0.2) is 0 Å². The molecule has 1 unspecified atom stereocenters. The summed E-state index contributed by atoms with van der Waals surface area (Å²) < 4.78 is 0. The zero-order valence-corrected chi connectivity index (χ0v) is 8.74. The molecule has 0 bridgehead atoms. The van der Waals surface area contributed by atoms with Crippen molar-refractivity contribution < 1.29 is 9.90 Å². The molecule has 1 aliphatic rings. The monoisotopic (exact) mass is 226 g/mol. The van der Waals surface area contributed by atoms with Crippen molar-refractivity contribution in [3.8, 4) is 5.75 Å². The number of anilines is 1. The molecule has 1 aromatic rings. The van der Waals surface area contributed by atoms with E-state index in [-0.39, 0.29) is 17.7 Å². The van der Waals surface area contributed by atoms with Crippen LogP contribution in [0.15, 0.2) is 18.2 Å². The Morgan fingerprint density at radius 2 is 2.27 bits per heavy atom. The quantitative estimate of drug-likeness (QED) is 0.754. The number of hydrogen-bond acceptors (Lipinski definition) is 3. The van der Waals surface area contributed by atoms with Gasteiger partial charge in [0, 0.05) is 25.1 Å². The first kappa shape index (κ1) is 10.3. The van der Waals surface area contributed by atoms with Gasteiger partial charge in [-0.1, -0.05) is 11.6 Å². The highest BCUT2D eigenvalue weighted by Crippen LogP contribution is 2.31. The van der Waals surface area contributed by atoms with Crippen molar-refractivity contribution in [1.82, 2.24) is 0 Å². The minimum Gasteiger partial charge on any atom is -0.508 e. The third-order valence-corrected chi connectivity index (χ3v) is 2.68. The van der Waals surface area contributed by atoms with Crippen LogP contribution in [0.5, 0.6) is 5.75 Å². The van der Waals surface area contributed by atoms with E-state index in [1.807, 2.05) is 0 Å². The fraction of sp³-hybridized carbons (Fsp3) is 0.300. The number of aromatic hydroxyl groups is 1. The summed E-state index contributed by atoms with van der Waals surface area (Å²) in [6.07, 6.45) is 0.344. The molecule has 4 nitrogen and oxygen atoms in total. The third kappa shape index (κ3) is 1.91. The van der Waals surface area contributed by atoms with Gasteiger partial charge in [0.05, 0.1) is 10.7 Å². The summed E-state index contributed by atoms with van der Waals surface area (Å²) in [4.78, 5) is 13.1. The van der Waals surface area contributed by atoms with Gasteiger partial charge in [-0.3, -0.25) is 4.79 Å². The van der Waals surface area contributed by atoms with E-state index < -0.39 is 0 Å². The average molecular weight is 227 g/mol. The lowest BCUT2D eigenvalue weighted by molar-refractivity contribution is -0.117. The number of hydrogen-bond donors (Lipinski definition) is 2. The topological polar surface area (TPSA) is 66.6 Å². The molecule has 0 spiro atoms. The fourth-order valence-electron chi connectivity index (χ4n) is 1.68. The lowest BCUT2D eigenvalue weighted by Gasteiger charge is -2.17. The van der Waals surface area contributed by atoms with Crippen LogP contribution in [0.3, 0.4) is 0 Å². The highest BCUT2D eigenvalue weighted by atomic mass is 35.5. The van der Waals surface area contributed by atoms with E-state index in [0.29, 0.717) is 23.7 Å². The Balaban J connectivity index is 2.34. The molecule has 1 amide bonds. The predicted molar refractivity (Wildman–Crippen MR) is 58.1 cm³/mol. The van der Waals surface area contributed by atoms with Gasteiger partial charge in [-0.2, -0.15) is 0 Å². The molecule has 1 aliphatic heterocycles. The van der Waals surface area contributed by atoms with Crippen molar-refractivity contribution in [2.75, 3.05) is 11.4 Å². The number of benzene rings is 1. The Morgan fingerprint density at radius 1 is 1.53 bits per heavy atom. The molecule has 80 valence electrons. The predicted octanol–water partition coefficient (Wildman–Crippen LogP) is 1.11. The lowest BCUT2D eigenvalue weighted by atomic mass is 10.3. The maximum absolute atomic E-state index is 11.5. The number of phenols is 1. The van der Waals surface area contributed by atoms with Gasteiger partial charge in [-0.15, -0.1) is 0 Å². The van der Waals surface area contributed by atoms with Crippen molar-refractivity contribution in [1.29, 1.82) is 0 Å². The van der Waals surface area contributed by atoms with Gasteiger partial charge < -0.3 is 15.7 Å². The van der Waals surface area contributed by atoms with Gasteiger partial charge in [-0.05, 0) is 12.1 Å². The van der Waals surface area contributed by atoms with Crippen LogP contribution in [0, 0.1) is 0 Å². The van der Waals surface area contributed by atoms with Crippen LogP contribution in [0.4, 0.5) is 5.69 Å². The number of carbonyl (C=O) groups excluding carboxylic acids is 1. The van der Waals surface area contributed by atoms with Gasteiger partial charge in [0.25, 0.3) is 0 Å². The van der Waals surface area contributed by atoms with Gasteiger partial charge in [0.2, 0.25) is 5.91 Å². The smallest absolute Gasteiger partial charge is 0.228 e. The van der Waals surface area contributed by atoms with Gasteiger partial charge in [0.1, 0.15) is 5.75 Å². The number of nitrogens with two attached hydrogens (primary N) is 1. The standard InChI is InChI=1S/C10H11ClN2O2/c11-8-4-7(14)1-2-9(8)13-5-6(12)3-10(13)15/h1-2,4,6,14H,3,5,12H2. The molecule has 2 rings (SSSR count). The molecule has 5 heteroatoms. The molecular weight excluding hydrogens is 216 g/mol. The van der Waals surface area contributed by atoms with Gasteiger partial charge >= 0.3 is 0 Å². The van der Waals surface area contributed by atoms with Crippen LogP contribution in [0.25, 0.3) is 0 Å². The van der Waals surface area contributed by atoms with E-state index in [1.165, 1.54) is 12.1 Å². The third-order valence-electron chi connectivity index (χ3n) is 2.38. The fourth-order valence-corrected chi connectivity index (χ4v) is 1.96. The summed E-state index contributed by atoms with van der Waals surface area (Å²) in [7, 11) is 0. The lowest BCUT2D eigenvalue weighted by Crippen LogP contribution is -2.28. The minimum atomic E-state index is -0.137. The Hall–Kier alpha value is -1.26. The Bertz CT molecular complexity index is 408. The van der Waals surface area contributed by atoms with E-state index in [1.54, 1.807) is 11.0 Å². The Morgan fingerprint density at radius 3 is 2.80 bits per heavy atom. The maximum atomic E-state index is 11.5. The van der Waals surface area contributed by atoms with Crippen molar-refractivity contribution in [2.24, 2.45) is 5.73 Å². The van der Waals surface area contributed by atoms with E-state index in [4.69, 9.17) is 17.3 Å². The second kappa shape index (κ2) is 3.72. The van der Waals surface area contributed by atoms with Crippen LogP contribution >= 0.6 is 11.6 Å². The average Bonchev–Trinajstić information content (AvgIpc) is 2.45. The first-order valence-electron chi connectivity index (χ1n) is 4.62. The molecule has 0 aliphatic carbocycles. The Kier molecular flexibility index (Phi) is 2.54. The molecular formula is C10H11ClN2O2. The summed E-state index contributed by atoms with van der Waals surface area (Å²) in [5.41, 5.74) is 6.28. The number of carbonyl (C=O) groups is 1. The zero-order valence-electron chi connectivity index (χ0n) is 7.98. The number of halogens is 1. The summed E-state index contributed by atoms with van der Waals surface area (Å²) in [5, 5.41) is 9.54. The van der Waals surface area contributed by atoms with Crippen molar-refractivity contribution in [2.45, 2.75) is 12.5 Å². The molecule has 3 N–H and O–H groups in total. The summed E-state index contributed by atoms with van der Waals surface area (Å²) in [6.45, 7) is 0.476. The molecule has 0 saturated carbocycles. The second-order valence-corrected chi connectivity index (χ2v) is 4.01. The normalized spacial score (nSPS) is 21.1. The summed E-state index contributed by atoms with van der Waals surface area (Å²) in [6, 6.07) is 4.39. The molecule has 1 fully saturated rings. The highest BCUT2D eigenvalue weighted by molar-refractivity contribution is 6.34. The summed E-state index contributed by atoms with van der Waals surface area (Å²) in [5.74, 6) is 0.0507. The molecule has 1 atom stereocenters. The van der Waals surface area contributed by atoms with Crippen molar-refractivity contribution in [3.05, 3.63) is 23.2 Å². The summed E-state index contributed by atoms with van der Waals surface area (Å²) >= 11 is 5.93. The van der Waals surface area contributed by atoms with E-state index in [0.717, 1.165) is 0 Å². The van der Waals surface area contributed by atoms with E-state index in [9.17, 15) is 9.90 Å². The van der Waals surface area contributed by atoms with Crippen molar-refractivity contribution >= 4 is 23.2 Å². The minimum absolute atomic E-state index is 0.0323. The van der Waals surface area contributed by atoms with Crippen LogP contribution in [0.1, 0.15) is 6.42 Å².